The van der Waals surface area contributed by atoms with Gasteiger partial charge in [0.2, 0.25) is 0 Å². The van der Waals surface area contributed by atoms with Crippen molar-refractivity contribution in [2.75, 3.05) is 0 Å². The van der Waals surface area contributed by atoms with E-state index in [2.05, 4.69) is 182 Å². The van der Waals surface area contributed by atoms with Crippen molar-refractivity contribution in [3.63, 3.8) is 0 Å². The monoisotopic (exact) mass is 734 g/mol. The molecule has 2 atom stereocenters. The van der Waals surface area contributed by atoms with Crippen LogP contribution in [0.1, 0.15) is 79.1 Å². The van der Waals surface area contributed by atoms with Crippen LogP contribution < -0.4 is 0 Å². The van der Waals surface area contributed by atoms with Gasteiger partial charge in [0.1, 0.15) is 0 Å². The molecule has 6 aromatic carbocycles. The van der Waals surface area contributed by atoms with Crippen molar-refractivity contribution in [1.82, 2.24) is 9.13 Å². The van der Waals surface area contributed by atoms with Crippen LogP contribution in [0.15, 0.2) is 146 Å². The van der Waals surface area contributed by atoms with E-state index in [-0.39, 0.29) is 0 Å². The molecule has 0 radical (unpaired) electrons. The summed E-state index contributed by atoms with van der Waals surface area (Å²) in [6.45, 7) is 11.5. The van der Waals surface area contributed by atoms with E-state index in [1.807, 2.05) is 0 Å². The van der Waals surface area contributed by atoms with Crippen molar-refractivity contribution in [1.29, 1.82) is 0 Å². The zero-order chi connectivity index (χ0) is 38.4. The van der Waals surface area contributed by atoms with Crippen molar-refractivity contribution in [2.24, 2.45) is 11.8 Å². The lowest BCUT2D eigenvalue weighted by atomic mass is 9.98. The van der Waals surface area contributed by atoms with Gasteiger partial charge in [0.25, 0.3) is 0 Å². The van der Waals surface area contributed by atoms with E-state index in [0.717, 1.165) is 13.1 Å². The Kier molecular flexibility index (Phi) is 11.5. The molecule has 0 N–H and O–H groups in total. The summed E-state index contributed by atoms with van der Waals surface area (Å²) in [5.41, 5.74) is 15.7. The molecule has 0 aliphatic rings. The van der Waals surface area contributed by atoms with Gasteiger partial charge < -0.3 is 9.13 Å². The van der Waals surface area contributed by atoms with Gasteiger partial charge in [-0.1, -0.05) is 200 Å². The summed E-state index contributed by atoms with van der Waals surface area (Å²) in [7, 11) is 0. The molecule has 0 aliphatic heterocycles. The minimum absolute atomic E-state index is 0.635. The maximum absolute atomic E-state index is 2.73. The number of hydrogen-bond donors (Lipinski definition) is 0. The topological polar surface area (TPSA) is 9.86 Å². The van der Waals surface area contributed by atoms with Gasteiger partial charge in [-0.3, -0.25) is 0 Å². The lowest BCUT2D eigenvalue weighted by Crippen LogP contribution is -2.10. The van der Waals surface area contributed by atoms with Gasteiger partial charge in [0, 0.05) is 23.9 Å². The number of nitrogens with zero attached hydrogens (tertiary/aromatic N) is 2. The van der Waals surface area contributed by atoms with Crippen molar-refractivity contribution < 1.29 is 0 Å². The van der Waals surface area contributed by atoms with Gasteiger partial charge in [-0.15, -0.1) is 0 Å². The van der Waals surface area contributed by atoms with Gasteiger partial charge >= 0.3 is 0 Å². The number of unbranched alkanes of at least 4 members (excludes halogenated alkanes) is 2. The largest absolute Gasteiger partial charge is 0.338 e. The molecule has 0 fully saturated rings. The predicted molar refractivity (Wildman–Crippen MR) is 243 cm³/mol. The summed E-state index contributed by atoms with van der Waals surface area (Å²) in [5, 5.41) is 2.76. The summed E-state index contributed by atoms with van der Waals surface area (Å²) in [4.78, 5) is 0. The molecule has 0 amide bonds. The second-order valence-corrected chi connectivity index (χ2v) is 16.1. The van der Waals surface area contributed by atoms with Crippen molar-refractivity contribution in [2.45, 2.75) is 92.2 Å². The number of fused-ring (bicyclic) bond motifs is 5. The molecule has 2 aromatic heterocycles. The number of hydrogen-bond acceptors (Lipinski definition) is 0. The lowest BCUT2D eigenvalue weighted by molar-refractivity contribution is 0.399. The Balaban J connectivity index is 1.30. The molecular weight excluding hydrogens is 677 g/mol. The number of aromatic nitrogens is 2. The SMILES string of the molecule is CCCCC(CC)Cn1c2cc(-c3ccc(-c4ccccc4)cc3)ccc2c2c1c1ccc(-c3ccc(-c4ccccc4)cc3)cc1n2CC(CC)CCCC. The Labute approximate surface area is 334 Å². The van der Waals surface area contributed by atoms with Crippen molar-refractivity contribution in [3.8, 4) is 44.5 Å². The van der Waals surface area contributed by atoms with Crippen LogP contribution >= 0.6 is 0 Å². The first-order chi connectivity index (χ1) is 27.6. The third-order valence-corrected chi connectivity index (χ3v) is 12.5. The molecule has 8 rings (SSSR count). The third kappa shape index (κ3) is 7.59. The van der Waals surface area contributed by atoms with Crippen molar-refractivity contribution in [3.05, 3.63) is 146 Å². The predicted octanol–water partition coefficient (Wildman–Crippen LogP) is 15.8. The minimum Gasteiger partial charge on any atom is -0.338 e. The Hall–Kier alpha value is -5.34. The van der Waals surface area contributed by atoms with Gasteiger partial charge in [0.15, 0.2) is 0 Å². The highest BCUT2D eigenvalue weighted by Crippen LogP contribution is 2.42. The van der Waals surface area contributed by atoms with Crippen LogP contribution in [0.25, 0.3) is 77.3 Å². The Morgan fingerprint density at radius 3 is 1.04 bits per heavy atom. The minimum atomic E-state index is 0.635. The molecule has 2 nitrogen and oxygen atoms in total. The highest BCUT2D eigenvalue weighted by Gasteiger charge is 2.24. The van der Waals surface area contributed by atoms with Crippen LogP contribution in [0, 0.1) is 11.8 Å². The third-order valence-electron chi connectivity index (χ3n) is 12.5. The van der Waals surface area contributed by atoms with Gasteiger partial charge in [-0.2, -0.15) is 0 Å². The van der Waals surface area contributed by atoms with E-state index in [4.69, 9.17) is 0 Å². The first-order valence-electron chi connectivity index (χ1n) is 21.5. The fourth-order valence-electron chi connectivity index (χ4n) is 9.01. The maximum atomic E-state index is 2.73. The van der Waals surface area contributed by atoms with Crippen LogP contribution in [0.2, 0.25) is 0 Å². The zero-order valence-electron chi connectivity index (χ0n) is 34.0. The smallest absolute Gasteiger partial charge is 0.0754 e. The summed E-state index contributed by atoms with van der Waals surface area (Å²) >= 11 is 0. The quantitative estimate of drug-likeness (QED) is 0.0935. The number of rotatable bonds is 16. The van der Waals surface area contributed by atoms with E-state index in [0.29, 0.717) is 11.8 Å². The maximum Gasteiger partial charge on any atom is 0.0754 e. The molecule has 0 spiro atoms. The van der Waals surface area contributed by atoms with Gasteiger partial charge in [-0.25, -0.2) is 0 Å². The molecule has 8 aromatic rings. The second kappa shape index (κ2) is 17.2. The Morgan fingerprint density at radius 1 is 0.375 bits per heavy atom. The molecule has 0 saturated carbocycles. The Morgan fingerprint density at radius 2 is 0.696 bits per heavy atom. The first kappa shape index (κ1) is 37.6. The summed E-state index contributed by atoms with van der Waals surface area (Å²) in [5.74, 6) is 1.27. The highest BCUT2D eigenvalue weighted by molar-refractivity contribution is 6.19. The van der Waals surface area contributed by atoms with E-state index in [1.165, 1.54) is 129 Å². The van der Waals surface area contributed by atoms with Crippen LogP contribution in [0.5, 0.6) is 0 Å². The highest BCUT2D eigenvalue weighted by atomic mass is 15.1. The summed E-state index contributed by atoms with van der Waals surface area (Å²) in [6, 6.07) is 54.3. The standard InChI is InChI=1S/C54H58N2/c1-5-9-17-39(7-3)37-55-51-35-47(45-27-23-43(24-28-45)41-19-13-11-14-20-41)31-33-49(51)54-53(55)50-34-32-48(36-52(50)56(54)38-40(8-4)18-10-6-2)46-29-25-44(26-30-46)42-21-15-12-16-22-42/h11-16,19-36,39-40H,5-10,17-18,37-38H2,1-4H3. The second-order valence-electron chi connectivity index (χ2n) is 16.1. The summed E-state index contributed by atoms with van der Waals surface area (Å²) < 4.78 is 5.47. The molecular formula is C54H58N2. The number of benzene rings is 6. The average Bonchev–Trinajstić information content (AvgIpc) is 3.75. The Bertz CT molecular complexity index is 2320. The first-order valence-corrected chi connectivity index (χ1v) is 21.5. The van der Waals surface area contributed by atoms with Crippen LogP contribution in [0.4, 0.5) is 0 Å². The van der Waals surface area contributed by atoms with E-state index >= 15 is 0 Å². The molecule has 0 bridgehead atoms. The molecule has 0 aliphatic carbocycles. The van der Waals surface area contributed by atoms with E-state index in [1.54, 1.807) is 0 Å². The van der Waals surface area contributed by atoms with Gasteiger partial charge in [-0.05, 0) is 81.3 Å². The fourth-order valence-corrected chi connectivity index (χ4v) is 9.01. The van der Waals surface area contributed by atoms with Crippen LogP contribution in [0.3, 0.4) is 0 Å². The van der Waals surface area contributed by atoms with Gasteiger partial charge in [0.05, 0.1) is 22.1 Å². The molecule has 2 unspecified atom stereocenters. The van der Waals surface area contributed by atoms with E-state index in [9.17, 15) is 0 Å². The molecule has 2 heteroatoms. The van der Waals surface area contributed by atoms with Crippen LogP contribution in [-0.4, -0.2) is 9.13 Å². The van der Waals surface area contributed by atoms with Crippen LogP contribution in [-0.2, 0) is 13.1 Å². The fraction of sp³-hybridized carbons (Fsp3) is 0.296. The van der Waals surface area contributed by atoms with Crippen molar-refractivity contribution >= 4 is 32.8 Å². The molecule has 0 saturated heterocycles. The molecule has 2 heterocycles. The lowest BCUT2D eigenvalue weighted by Gasteiger charge is -2.18. The molecule has 284 valence electrons. The van der Waals surface area contributed by atoms with E-state index < -0.39 is 0 Å². The normalized spacial score (nSPS) is 12.9. The average molecular weight is 735 g/mol. The molecule has 56 heavy (non-hydrogen) atoms. The summed E-state index contributed by atoms with van der Waals surface area (Å²) in [6.07, 6.45) is 9.97. The zero-order valence-corrected chi connectivity index (χ0v) is 34.0.